The van der Waals surface area contributed by atoms with Crippen LogP contribution in [0.15, 0.2) is 16.5 Å². The number of nitrogens with two attached hydrogens (primary N) is 1. The van der Waals surface area contributed by atoms with Gasteiger partial charge in [-0.2, -0.15) is 0 Å². The van der Waals surface area contributed by atoms with Crippen LogP contribution in [0, 0.1) is 0 Å². The highest BCUT2D eigenvalue weighted by Gasteiger charge is 2.27. The van der Waals surface area contributed by atoms with E-state index >= 15 is 0 Å². The first-order valence-electron chi connectivity index (χ1n) is 6.84. The Morgan fingerprint density at radius 2 is 2.39 bits per heavy atom. The van der Waals surface area contributed by atoms with Gasteiger partial charge >= 0.3 is 0 Å². The number of nitrogens with zero attached hydrogens (tertiary/aromatic N) is 1. The molecule has 2 rings (SSSR count). The first-order valence-corrected chi connectivity index (χ1v) is 6.84. The number of aryl methyl sites for hydroxylation is 1. The van der Waals surface area contributed by atoms with Crippen LogP contribution in [0.4, 0.5) is 0 Å². The zero-order valence-corrected chi connectivity index (χ0v) is 11.4. The number of likely N-dealkylation sites (tertiary alicyclic amines) is 1. The van der Waals surface area contributed by atoms with Gasteiger partial charge in [-0.25, -0.2) is 0 Å². The molecule has 2 heterocycles. The third-order valence-electron chi connectivity index (χ3n) is 3.77. The Bertz CT molecular complexity index is 364. The van der Waals surface area contributed by atoms with E-state index in [0.29, 0.717) is 12.6 Å². The standard InChI is InChI=1S/C14H24N2O2/c1-3-11-6-7-14(18-11)13(9-15)16-8-4-5-12(10-16)17-2/h6-7,12-13H,3-5,8-10,15H2,1-2H3. The highest BCUT2D eigenvalue weighted by atomic mass is 16.5. The van der Waals surface area contributed by atoms with Crippen molar-refractivity contribution in [2.24, 2.45) is 5.73 Å². The van der Waals surface area contributed by atoms with Gasteiger partial charge in [0.25, 0.3) is 0 Å². The van der Waals surface area contributed by atoms with Crippen LogP contribution in [0.25, 0.3) is 0 Å². The fourth-order valence-electron chi connectivity index (χ4n) is 2.65. The number of rotatable bonds is 5. The Morgan fingerprint density at radius 1 is 1.56 bits per heavy atom. The smallest absolute Gasteiger partial charge is 0.122 e. The fraction of sp³-hybridized carbons (Fsp3) is 0.714. The van der Waals surface area contributed by atoms with Crippen LogP contribution < -0.4 is 5.73 Å². The lowest BCUT2D eigenvalue weighted by molar-refractivity contribution is 0.0118. The Hall–Kier alpha value is -0.840. The van der Waals surface area contributed by atoms with E-state index in [1.165, 1.54) is 0 Å². The Labute approximate surface area is 109 Å². The Kier molecular flexibility index (Phi) is 4.80. The second-order valence-corrected chi connectivity index (χ2v) is 4.90. The van der Waals surface area contributed by atoms with Gasteiger partial charge in [0.05, 0.1) is 12.1 Å². The first-order chi connectivity index (χ1) is 8.78. The van der Waals surface area contributed by atoms with Gasteiger partial charge in [0.15, 0.2) is 0 Å². The summed E-state index contributed by atoms with van der Waals surface area (Å²) in [6.07, 6.45) is 3.56. The summed E-state index contributed by atoms with van der Waals surface area (Å²) in [5.74, 6) is 2.02. The van der Waals surface area contributed by atoms with Crippen molar-refractivity contribution in [1.82, 2.24) is 4.90 Å². The fourth-order valence-corrected chi connectivity index (χ4v) is 2.65. The van der Waals surface area contributed by atoms with Crippen molar-refractivity contribution in [3.8, 4) is 0 Å². The third-order valence-corrected chi connectivity index (χ3v) is 3.77. The first kappa shape index (κ1) is 13.6. The maximum atomic E-state index is 5.93. The lowest BCUT2D eigenvalue weighted by Crippen LogP contribution is -2.43. The quantitative estimate of drug-likeness (QED) is 0.870. The van der Waals surface area contributed by atoms with Crippen molar-refractivity contribution >= 4 is 0 Å². The summed E-state index contributed by atoms with van der Waals surface area (Å²) in [5, 5.41) is 0. The minimum absolute atomic E-state index is 0.184. The molecule has 0 aromatic carbocycles. The van der Waals surface area contributed by atoms with Crippen LogP contribution in [-0.4, -0.2) is 37.7 Å². The van der Waals surface area contributed by atoms with Crippen LogP contribution in [0.1, 0.15) is 37.3 Å². The summed E-state index contributed by atoms with van der Waals surface area (Å²) in [6, 6.07) is 4.30. The van der Waals surface area contributed by atoms with E-state index < -0.39 is 0 Å². The molecule has 0 saturated carbocycles. The van der Waals surface area contributed by atoms with Gasteiger partial charge in [0.1, 0.15) is 11.5 Å². The molecule has 102 valence electrons. The van der Waals surface area contributed by atoms with Crippen molar-refractivity contribution in [3.63, 3.8) is 0 Å². The van der Waals surface area contributed by atoms with E-state index in [0.717, 1.165) is 43.9 Å². The van der Waals surface area contributed by atoms with Crippen molar-refractivity contribution in [2.75, 3.05) is 26.7 Å². The highest BCUT2D eigenvalue weighted by Crippen LogP contribution is 2.26. The van der Waals surface area contributed by atoms with Crippen LogP contribution >= 0.6 is 0 Å². The van der Waals surface area contributed by atoms with E-state index in [1.54, 1.807) is 7.11 Å². The summed E-state index contributed by atoms with van der Waals surface area (Å²) >= 11 is 0. The molecule has 1 aromatic heterocycles. The largest absolute Gasteiger partial charge is 0.464 e. The predicted molar refractivity (Wildman–Crippen MR) is 71.5 cm³/mol. The summed E-state index contributed by atoms with van der Waals surface area (Å²) in [5.41, 5.74) is 5.93. The number of piperidine rings is 1. The number of methoxy groups -OCH3 is 1. The lowest BCUT2D eigenvalue weighted by Gasteiger charge is -2.36. The summed E-state index contributed by atoms with van der Waals surface area (Å²) < 4.78 is 11.3. The molecule has 0 radical (unpaired) electrons. The molecular weight excluding hydrogens is 228 g/mol. The van der Waals surface area contributed by atoms with Gasteiger partial charge in [-0.15, -0.1) is 0 Å². The molecule has 1 saturated heterocycles. The average molecular weight is 252 g/mol. The zero-order chi connectivity index (χ0) is 13.0. The summed E-state index contributed by atoms with van der Waals surface area (Å²) in [4.78, 5) is 2.38. The predicted octanol–water partition coefficient (Wildman–Crippen LogP) is 1.95. The minimum Gasteiger partial charge on any atom is -0.464 e. The van der Waals surface area contributed by atoms with E-state index in [2.05, 4.69) is 24.0 Å². The highest BCUT2D eigenvalue weighted by molar-refractivity contribution is 5.11. The molecule has 2 atom stereocenters. The van der Waals surface area contributed by atoms with Gasteiger partial charge in [-0.1, -0.05) is 6.92 Å². The lowest BCUT2D eigenvalue weighted by atomic mass is 10.0. The number of hydrogen-bond acceptors (Lipinski definition) is 4. The Morgan fingerprint density at radius 3 is 3.00 bits per heavy atom. The molecular formula is C14H24N2O2. The number of ether oxygens (including phenoxy) is 1. The summed E-state index contributed by atoms with van der Waals surface area (Å²) in [6.45, 7) is 4.71. The monoisotopic (exact) mass is 252 g/mol. The topological polar surface area (TPSA) is 51.6 Å². The number of furan rings is 1. The van der Waals surface area contributed by atoms with E-state index in [1.807, 2.05) is 0 Å². The molecule has 1 aliphatic heterocycles. The SMILES string of the molecule is CCc1ccc(C(CN)N2CCCC(OC)C2)o1. The third kappa shape index (κ3) is 2.94. The normalized spacial score (nSPS) is 23.2. The van der Waals surface area contributed by atoms with Crippen LogP contribution in [0.3, 0.4) is 0 Å². The molecule has 18 heavy (non-hydrogen) atoms. The van der Waals surface area contributed by atoms with E-state index in [-0.39, 0.29) is 6.04 Å². The molecule has 0 aliphatic carbocycles. The second kappa shape index (κ2) is 6.36. The molecule has 4 nitrogen and oxygen atoms in total. The van der Waals surface area contributed by atoms with E-state index in [4.69, 9.17) is 14.9 Å². The molecule has 0 spiro atoms. The van der Waals surface area contributed by atoms with Crippen molar-refractivity contribution in [3.05, 3.63) is 23.7 Å². The molecule has 2 unspecified atom stereocenters. The van der Waals surface area contributed by atoms with Crippen LogP contribution in [0.5, 0.6) is 0 Å². The molecule has 0 amide bonds. The summed E-state index contributed by atoms with van der Waals surface area (Å²) in [7, 11) is 1.79. The molecule has 4 heteroatoms. The van der Waals surface area contributed by atoms with Crippen LogP contribution in [0.2, 0.25) is 0 Å². The van der Waals surface area contributed by atoms with Crippen molar-refractivity contribution in [2.45, 2.75) is 38.3 Å². The van der Waals surface area contributed by atoms with E-state index in [9.17, 15) is 0 Å². The van der Waals surface area contributed by atoms with Gasteiger partial charge in [-0.3, -0.25) is 4.90 Å². The molecule has 0 bridgehead atoms. The van der Waals surface area contributed by atoms with Gasteiger partial charge in [0.2, 0.25) is 0 Å². The molecule has 1 aliphatic rings. The van der Waals surface area contributed by atoms with Crippen LogP contribution in [-0.2, 0) is 11.2 Å². The number of hydrogen-bond donors (Lipinski definition) is 1. The zero-order valence-electron chi connectivity index (χ0n) is 11.4. The van der Waals surface area contributed by atoms with Gasteiger partial charge < -0.3 is 14.9 Å². The maximum Gasteiger partial charge on any atom is 0.122 e. The van der Waals surface area contributed by atoms with Crippen molar-refractivity contribution < 1.29 is 9.15 Å². The maximum absolute atomic E-state index is 5.93. The minimum atomic E-state index is 0.184. The molecule has 1 fully saturated rings. The van der Waals surface area contributed by atoms with Gasteiger partial charge in [-0.05, 0) is 31.5 Å². The average Bonchev–Trinajstić information content (AvgIpc) is 2.88. The van der Waals surface area contributed by atoms with Crippen molar-refractivity contribution in [1.29, 1.82) is 0 Å². The van der Waals surface area contributed by atoms with Gasteiger partial charge in [0, 0.05) is 26.6 Å². The Balaban J connectivity index is 2.07. The molecule has 2 N–H and O–H groups in total. The second-order valence-electron chi connectivity index (χ2n) is 4.90. The molecule has 1 aromatic rings.